The summed E-state index contributed by atoms with van der Waals surface area (Å²) in [7, 11) is 0. The Morgan fingerprint density at radius 2 is 2.33 bits per heavy atom. The molecular weight excluding hydrogens is 154 g/mol. The van der Waals surface area contributed by atoms with Crippen molar-refractivity contribution < 1.29 is 5.11 Å². The minimum absolute atomic E-state index is 0.219. The Labute approximate surface area is 70.4 Å². The predicted molar refractivity (Wildman–Crippen MR) is 46.9 cm³/mol. The van der Waals surface area contributed by atoms with E-state index in [1.54, 1.807) is 18.2 Å². The first-order valence-corrected chi connectivity index (χ1v) is 3.70. The van der Waals surface area contributed by atoms with Gasteiger partial charge in [0.2, 0.25) is 0 Å². The van der Waals surface area contributed by atoms with E-state index in [1.165, 1.54) is 0 Å². The molecule has 0 amide bonds. The van der Waals surface area contributed by atoms with Gasteiger partial charge in [0, 0.05) is 17.7 Å². The van der Waals surface area contributed by atoms with Crippen molar-refractivity contribution in [1.29, 1.82) is 0 Å². The first-order chi connectivity index (χ1) is 5.77. The van der Waals surface area contributed by atoms with Crippen molar-refractivity contribution >= 4 is 0 Å². The van der Waals surface area contributed by atoms with Crippen LogP contribution in [0, 0.1) is 0 Å². The number of aliphatic hydroxyl groups is 1. The van der Waals surface area contributed by atoms with E-state index in [4.69, 9.17) is 5.11 Å². The Balaban J connectivity index is 3.01. The summed E-state index contributed by atoms with van der Waals surface area (Å²) in [5.41, 5.74) is 0.979. The number of nitrogens with one attached hydrogen (secondary N) is 1. The van der Waals surface area contributed by atoms with Crippen molar-refractivity contribution in [3.63, 3.8) is 0 Å². The van der Waals surface area contributed by atoms with E-state index in [0.29, 0.717) is 12.0 Å². The average Bonchev–Trinajstić information content (AvgIpc) is 2.05. The Bertz CT molecular complexity index is 328. The first-order valence-electron chi connectivity index (χ1n) is 3.70. The molecule has 0 bridgehead atoms. The molecule has 0 aliphatic heterocycles. The van der Waals surface area contributed by atoms with Gasteiger partial charge >= 0.3 is 0 Å². The molecule has 0 saturated heterocycles. The fourth-order valence-electron chi connectivity index (χ4n) is 0.944. The highest BCUT2D eigenvalue weighted by Gasteiger charge is 1.97. The van der Waals surface area contributed by atoms with E-state index in [0.717, 1.165) is 5.69 Å². The van der Waals surface area contributed by atoms with Crippen molar-refractivity contribution in [2.75, 3.05) is 0 Å². The number of pyridine rings is 1. The summed E-state index contributed by atoms with van der Waals surface area (Å²) in [6, 6.07) is 3.40. The second-order valence-electron chi connectivity index (χ2n) is 2.49. The molecule has 0 spiro atoms. The van der Waals surface area contributed by atoms with Gasteiger partial charge in [0.25, 0.3) is 5.56 Å². The van der Waals surface area contributed by atoms with Crippen LogP contribution < -0.4 is 5.56 Å². The minimum atomic E-state index is -0.225. The molecule has 0 atom stereocenters. The zero-order valence-electron chi connectivity index (χ0n) is 6.71. The van der Waals surface area contributed by atoms with Crippen LogP contribution in [0.3, 0.4) is 0 Å². The molecule has 64 valence electrons. The van der Waals surface area contributed by atoms with Crippen LogP contribution in [0.2, 0.25) is 0 Å². The van der Waals surface area contributed by atoms with Gasteiger partial charge in [-0.05, 0) is 12.1 Å². The minimum Gasteiger partial charge on any atom is -0.391 e. The van der Waals surface area contributed by atoms with Crippen LogP contribution in [0.1, 0.15) is 11.3 Å². The van der Waals surface area contributed by atoms with Crippen molar-refractivity contribution in [2.24, 2.45) is 0 Å². The largest absolute Gasteiger partial charge is 0.391 e. The molecule has 3 heteroatoms. The third kappa shape index (κ3) is 1.83. The molecule has 2 N–H and O–H groups in total. The number of aromatic amines is 1. The SMILES string of the molecule is C=CCc1ccc(CO)c(=O)[nH]1. The van der Waals surface area contributed by atoms with E-state index in [-0.39, 0.29) is 12.2 Å². The van der Waals surface area contributed by atoms with Gasteiger partial charge in [-0.2, -0.15) is 0 Å². The van der Waals surface area contributed by atoms with Gasteiger partial charge in [-0.15, -0.1) is 6.58 Å². The molecular formula is C9H11NO2. The normalized spacial score (nSPS) is 9.75. The van der Waals surface area contributed by atoms with E-state index in [9.17, 15) is 4.79 Å². The molecule has 0 radical (unpaired) electrons. The van der Waals surface area contributed by atoms with Crippen molar-refractivity contribution in [3.8, 4) is 0 Å². The topological polar surface area (TPSA) is 53.1 Å². The Hall–Kier alpha value is -1.35. The van der Waals surface area contributed by atoms with Crippen molar-refractivity contribution in [2.45, 2.75) is 13.0 Å². The zero-order chi connectivity index (χ0) is 8.97. The van der Waals surface area contributed by atoms with E-state index < -0.39 is 0 Å². The number of hydrogen-bond acceptors (Lipinski definition) is 2. The number of rotatable bonds is 3. The third-order valence-electron chi connectivity index (χ3n) is 1.59. The van der Waals surface area contributed by atoms with Crippen LogP contribution >= 0.6 is 0 Å². The quantitative estimate of drug-likeness (QED) is 0.644. The number of aromatic nitrogens is 1. The highest BCUT2D eigenvalue weighted by Crippen LogP contribution is 1.96. The van der Waals surface area contributed by atoms with Gasteiger partial charge in [0.15, 0.2) is 0 Å². The predicted octanol–water partition coefficient (Wildman–Crippen LogP) is 0.596. The summed E-state index contributed by atoms with van der Waals surface area (Å²) in [6.45, 7) is 3.34. The molecule has 1 aromatic rings. The van der Waals surface area contributed by atoms with Crippen LogP contribution in [0.15, 0.2) is 29.6 Å². The Morgan fingerprint density at radius 1 is 1.58 bits per heavy atom. The zero-order valence-corrected chi connectivity index (χ0v) is 6.71. The van der Waals surface area contributed by atoms with Gasteiger partial charge < -0.3 is 10.1 Å². The van der Waals surface area contributed by atoms with Gasteiger partial charge in [-0.1, -0.05) is 6.08 Å². The monoisotopic (exact) mass is 165 g/mol. The summed E-state index contributed by atoms with van der Waals surface area (Å²) in [4.78, 5) is 13.7. The maximum Gasteiger partial charge on any atom is 0.253 e. The summed E-state index contributed by atoms with van der Waals surface area (Å²) in [6.07, 6.45) is 2.35. The van der Waals surface area contributed by atoms with Gasteiger partial charge in [-0.25, -0.2) is 0 Å². The standard InChI is InChI=1S/C9H11NO2/c1-2-3-8-5-4-7(6-11)9(12)10-8/h2,4-5,11H,1,3,6H2,(H,10,12). The van der Waals surface area contributed by atoms with Crippen molar-refractivity contribution in [3.05, 3.63) is 46.4 Å². The van der Waals surface area contributed by atoms with Crippen LogP contribution in [0.5, 0.6) is 0 Å². The molecule has 0 fully saturated rings. The van der Waals surface area contributed by atoms with E-state index in [2.05, 4.69) is 11.6 Å². The summed E-state index contributed by atoms with van der Waals surface area (Å²) >= 11 is 0. The highest BCUT2D eigenvalue weighted by atomic mass is 16.3. The highest BCUT2D eigenvalue weighted by molar-refractivity contribution is 5.14. The molecule has 0 saturated carbocycles. The summed E-state index contributed by atoms with van der Waals surface area (Å²) in [5.74, 6) is 0. The van der Waals surface area contributed by atoms with E-state index >= 15 is 0 Å². The second kappa shape index (κ2) is 3.88. The molecule has 0 aliphatic carbocycles. The van der Waals surface area contributed by atoms with Gasteiger partial charge in [0.1, 0.15) is 0 Å². The Morgan fingerprint density at radius 3 is 2.83 bits per heavy atom. The number of allylic oxidation sites excluding steroid dienone is 1. The lowest BCUT2D eigenvalue weighted by molar-refractivity contribution is 0.280. The van der Waals surface area contributed by atoms with Crippen LogP contribution in [0.25, 0.3) is 0 Å². The molecule has 1 rings (SSSR count). The molecule has 0 aromatic carbocycles. The molecule has 0 unspecified atom stereocenters. The van der Waals surface area contributed by atoms with Crippen LogP contribution in [-0.2, 0) is 13.0 Å². The molecule has 12 heavy (non-hydrogen) atoms. The number of H-pyrrole nitrogens is 1. The number of aliphatic hydroxyl groups excluding tert-OH is 1. The molecule has 3 nitrogen and oxygen atoms in total. The van der Waals surface area contributed by atoms with Crippen molar-refractivity contribution in [1.82, 2.24) is 4.98 Å². The third-order valence-corrected chi connectivity index (χ3v) is 1.59. The fourth-order valence-corrected chi connectivity index (χ4v) is 0.944. The van der Waals surface area contributed by atoms with Gasteiger partial charge in [0.05, 0.1) is 6.61 Å². The molecule has 0 aliphatic rings. The van der Waals surface area contributed by atoms with Crippen LogP contribution in [0.4, 0.5) is 0 Å². The fraction of sp³-hybridized carbons (Fsp3) is 0.222. The average molecular weight is 165 g/mol. The lowest BCUT2D eigenvalue weighted by Gasteiger charge is -1.98. The van der Waals surface area contributed by atoms with E-state index in [1.807, 2.05) is 0 Å². The van der Waals surface area contributed by atoms with Gasteiger partial charge in [-0.3, -0.25) is 4.79 Å². The lowest BCUT2D eigenvalue weighted by atomic mass is 10.2. The maximum absolute atomic E-state index is 11.1. The summed E-state index contributed by atoms with van der Waals surface area (Å²) < 4.78 is 0. The molecule has 1 aromatic heterocycles. The number of hydrogen-bond donors (Lipinski definition) is 2. The molecule has 1 heterocycles. The smallest absolute Gasteiger partial charge is 0.253 e. The van der Waals surface area contributed by atoms with Crippen LogP contribution in [-0.4, -0.2) is 10.1 Å². The maximum atomic E-state index is 11.1. The Kier molecular flexibility index (Phi) is 2.82. The first kappa shape index (κ1) is 8.74. The second-order valence-corrected chi connectivity index (χ2v) is 2.49. The lowest BCUT2D eigenvalue weighted by Crippen LogP contribution is -2.13. The summed E-state index contributed by atoms with van der Waals surface area (Å²) in [5, 5.41) is 8.70.